The lowest BCUT2D eigenvalue weighted by atomic mass is 10.0. The molecule has 0 unspecified atom stereocenters. The molecule has 3 heterocycles. The molecule has 0 bridgehead atoms. The van der Waals surface area contributed by atoms with Crippen molar-refractivity contribution < 1.29 is 40.5 Å². The number of aromatic nitrogens is 2. The van der Waals surface area contributed by atoms with E-state index in [0.29, 0.717) is 11.3 Å². The van der Waals surface area contributed by atoms with E-state index in [2.05, 4.69) is 15.0 Å². The Morgan fingerprint density at radius 1 is 1.07 bits per heavy atom. The smallest absolute Gasteiger partial charge is 0.267 e. The Morgan fingerprint density at radius 2 is 1.67 bits per heavy atom. The van der Waals surface area contributed by atoms with Crippen LogP contribution in [-0.2, 0) is 31.3 Å². The Balaban J connectivity index is 1.71. The Morgan fingerprint density at radius 3 is 2.23 bits per heavy atom. The normalized spacial score (nSPS) is 18.9. The van der Waals surface area contributed by atoms with Gasteiger partial charge < -0.3 is 23.8 Å². The molecule has 1 aliphatic heterocycles. The molecule has 43 heavy (non-hydrogen) atoms. The molecule has 16 heteroatoms. The van der Waals surface area contributed by atoms with Crippen LogP contribution in [0, 0.1) is 33.6 Å². The second kappa shape index (κ2) is 12.3. The highest BCUT2D eigenvalue weighted by Gasteiger charge is 2.35. The highest BCUT2D eigenvalue weighted by molar-refractivity contribution is 7.92. The highest BCUT2D eigenvalue weighted by Crippen LogP contribution is 2.32. The van der Waals surface area contributed by atoms with E-state index in [9.17, 15) is 26.7 Å². The zero-order valence-corrected chi connectivity index (χ0v) is 26.7. The summed E-state index contributed by atoms with van der Waals surface area (Å²) >= 11 is 0. The fourth-order valence-corrected chi connectivity index (χ4v) is 7.97. The third-order valence-corrected chi connectivity index (χ3v) is 11.2. The molecule has 0 fully saturated rings. The number of rotatable bonds is 9. The van der Waals surface area contributed by atoms with Gasteiger partial charge in [-0.1, -0.05) is 17.2 Å². The average molecular weight is 640 g/mol. The maximum Gasteiger partial charge on any atom is 0.267 e. The van der Waals surface area contributed by atoms with E-state index in [4.69, 9.17) is 13.8 Å². The summed E-state index contributed by atoms with van der Waals surface area (Å²) < 4.78 is 73.4. The molecule has 1 aromatic carbocycles. The molecule has 2 aromatic heterocycles. The number of nitrogens with zero attached hydrogens (tertiary/aromatic N) is 4. The largest absolute Gasteiger partial charge is 0.488 e. The third kappa shape index (κ3) is 6.56. The molecule has 3 aromatic rings. The lowest BCUT2D eigenvalue weighted by molar-refractivity contribution is -0.134. The first kappa shape index (κ1) is 32.4. The second-order valence-corrected chi connectivity index (χ2v) is 14.5. The van der Waals surface area contributed by atoms with Crippen LogP contribution in [0.5, 0.6) is 5.75 Å². The summed E-state index contributed by atoms with van der Waals surface area (Å²) in [4.78, 5) is 14.9. The van der Waals surface area contributed by atoms with Gasteiger partial charge in [0.15, 0.2) is 16.4 Å². The van der Waals surface area contributed by atoms with Gasteiger partial charge in [0.1, 0.15) is 28.1 Å². The zero-order chi connectivity index (χ0) is 31.9. The molecule has 1 aliphatic rings. The van der Waals surface area contributed by atoms with E-state index >= 15 is 0 Å². The number of aliphatic hydroxyl groups excluding tert-OH is 1. The minimum atomic E-state index is -4.07. The maximum atomic E-state index is 13.5. The van der Waals surface area contributed by atoms with Crippen LogP contribution in [0.15, 0.2) is 37.0 Å². The number of nitrogens with one attached hydrogen (secondary N) is 1. The van der Waals surface area contributed by atoms with Crippen LogP contribution in [0.1, 0.15) is 42.3 Å². The van der Waals surface area contributed by atoms with Gasteiger partial charge in [0.2, 0.25) is 15.9 Å². The van der Waals surface area contributed by atoms with Gasteiger partial charge in [0.25, 0.3) is 10.0 Å². The molecule has 4 rings (SSSR count). The molecule has 0 spiro atoms. The summed E-state index contributed by atoms with van der Waals surface area (Å²) in [7, 11) is -6.64. The van der Waals surface area contributed by atoms with E-state index in [-0.39, 0.29) is 76.3 Å². The van der Waals surface area contributed by atoms with Gasteiger partial charge in [-0.2, -0.15) is 4.31 Å². The monoisotopic (exact) mass is 639 g/mol. The number of carbonyl (C=O) groups is 1. The molecule has 0 saturated heterocycles. The zero-order valence-electron chi connectivity index (χ0n) is 25.1. The number of likely N-dealkylation sites (N-methyl/N-ethyl adjacent to an activating group) is 1. The Bertz CT molecular complexity index is 1680. The number of ether oxygens (including phenoxy) is 1. The first-order valence-electron chi connectivity index (χ1n) is 13.6. The fourth-order valence-electron chi connectivity index (χ4n) is 5.13. The molecule has 0 aliphatic carbocycles. The van der Waals surface area contributed by atoms with Crippen molar-refractivity contribution in [2.24, 2.45) is 5.92 Å². The second-order valence-electron chi connectivity index (χ2n) is 10.9. The van der Waals surface area contributed by atoms with Gasteiger partial charge in [0.05, 0.1) is 25.6 Å². The topological polar surface area (TPSA) is 185 Å². The van der Waals surface area contributed by atoms with Crippen LogP contribution in [-0.4, -0.2) is 86.3 Å². The number of hydrogen-bond acceptors (Lipinski definition) is 11. The molecule has 2 N–H and O–H groups in total. The van der Waals surface area contributed by atoms with Gasteiger partial charge in [-0.05, 0) is 52.8 Å². The van der Waals surface area contributed by atoms with Gasteiger partial charge in [-0.25, -0.2) is 16.8 Å². The van der Waals surface area contributed by atoms with Gasteiger partial charge in [-0.3, -0.25) is 9.52 Å². The average Bonchev–Trinajstić information content (AvgIpc) is 3.47. The molecule has 3 atom stereocenters. The van der Waals surface area contributed by atoms with Crippen LogP contribution < -0.4 is 9.46 Å². The predicted molar refractivity (Wildman–Crippen MR) is 155 cm³/mol. The summed E-state index contributed by atoms with van der Waals surface area (Å²) in [5.41, 5.74) is 0.999. The number of aliphatic hydroxyl groups is 1. The van der Waals surface area contributed by atoms with Crippen molar-refractivity contribution in [3.05, 3.63) is 46.7 Å². The highest BCUT2D eigenvalue weighted by atomic mass is 32.2. The van der Waals surface area contributed by atoms with Gasteiger partial charge in [-0.15, -0.1) is 0 Å². The van der Waals surface area contributed by atoms with Gasteiger partial charge in [0, 0.05) is 30.8 Å². The molecule has 0 saturated carbocycles. The van der Waals surface area contributed by atoms with E-state index in [1.807, 2.05) is 6.92 Å². The van der Waals surface area contributed by atoms with E-state index < -0.39 is 32.2 Å². The van der Waals surface area contributed by atoms with Crippen LogP contribution in [0.3, 0.4) is 0 Å². The van der Waals surface area contributed by atoms with Crippen molar-refractivity contribution in [2.45, 2.75) is 69.9 Å². The fraction of sp³-hybridized carbons (Fsp3) is 0.519. The first-order valence-corrected chi connectivity index (χ1v) is 16.5. The summed E-state index contributed by atoms with van der Waals surface area (Å²) in [5, 5.41) is 17.4. The van der Waals surface area contributed by atoms with Crippen molar-refractivity contribution >= 4 is 31.6 Å². The first-order chi connectivity index (χ1) is 20.1. The number of aryl methyl sites for hydroxylation is 4. The Hall–Kier alpha value is -3.47. The van der Waals surface area contributed by atoms with Crippen molar-refractivity contribution in [2.75, 3.05) is 31.5 Å². The number of sulfonamides is 2. The van der Waals surface area contributed by atoms with Crippen LogP contribution in [0.2, 0.25) is 0 Å². The minimum Gasteiger partial charge on any atom is -0.488 e. The van der Waals surface area contributed by atoms with Crippen LogP contribution in [0.4, 0.5) is 5.69 Å². The number of anilines is 1. The van der Waals surface area contributed by atoms with Crippen LogP contribution >= 0.6 is 0 Å². The summed E-state index contributed by atoms with van der Waals surface area (Å²) in [6, 6.07) is 4.02. The lowest BCUT2D eigenvalue weighted by Gasteiger charge is -2.33. The predicted octanol–water partition coefficient (Wildman–Crippen LogP) is 2.17. The van der Waals surface area contributed by atoms with Gasteiger partial charge >= 0.3 is 0 Å². The maximum absolute atomic E-state index is 13.5. The van der Waals surface area contributed by atoms with Crippen molar-refractivity contribution in [1.29, 1.82) is 0 Å². The molecular formula is C27H37N5O9S2. The number of hydrogen-bond donors (Lipinski definition) is 2. The molecule has 236 valence electrons. The SMILES string of the molecule is Cc1noc(C)c1S(=O)(=O)Nc1ccc2c(c1)CC(=O)N([C@@H](C)CO)C[C@@H](C)[C@@H](CN(C)S(=O)(=O)c1c(C)noc1C)O2. The van der Waals surface area contributed by atoms with E-state index in [0.717, 1.165) is 4.31 Å². The summed E-state index contributed by atoms with van der Waals surface area (Å²) in [5.74, 6) is -0.0806. The Labute approximate surface area is 251 Å². The summed E-state index contributed by atoms with van der Waals surface area (Å²) in [6.07, 6.45) is -0.879. The summed E-state index contributed by atoms with van der Waals surface area (Å²) in [6.45, 7) is 9.44. The van der Waals surface area contributed by atoms with Crippen molar-refractivity contribution in [3.63, 3.8) is 0 Å². The quantitative estimate of drug-likeness (QED) is 0.350. The number of benzene rings is 1. The lowest BCUT2D eigenvalue weighted by Crippen LogP contribution is -2.48. The molecular weight excluding hydrogens is 602 g/mol. The number of fused-ring (bicyclic) bond motifs is 1. The standard InChI is InChI=1S/C27H37N5O9S2/c1-15-12-32(16(2)14-33)25(34)11-21-10-22(30-42(35,36)26-17(3)28-40-19(26)5)8-9-23(21)39-24(15)13-31(7)43(37,38)27-18(4)29-41-20(27)6/h8-10,15-16,24,30,33H,11-14H2,1-7H3/t15-,16+,24-/m1/s1. The van der Waals surface area contributed by atoms with Crippen LogP contribution in [0.25, 0.3) is 0 Å². The molecule has 1 amide bonds. The van der Waals surface area contributed by atoms with E-state index in [1.54, 1.807) is 19.9 Å². The third-order valence-electron chi connectivity index (χ3n) is 7.48. The Kier molecular flexibility index (Phi) is 9.25. The number of amides is 1. The minimum absolute atomic E-state index is 0.0213. The van der Waals surface area contributed by atoms with Crippen molar-refractivity contribution in [3.8, 4) is 5.75 Å². The molecule has 0 radical (unpaired) electrons. The molecule has 14 nitrogen and oxygen atoms in total. The van der Waals surface area contributed by atoms with E-state index in [1.165, 1.54) is 44.9 Å². The number of carbonyl (C=O) groups excluding carboxylic acids is 1. The van der Waals surface area contributed by atoms with Crippen molar-refractivity contribution in [1.82, 2.24) is 19.5 Å².